The molecule has 0 spiro atoms. The third-order valence-corrected chi connectivity index (χ3v) is 4.58. The molecule has 2 atom stereocenters. The van der Waals surface area contributed by atoms with E-state index in [1.807, 2.05) is 0 Å². The van der Waals surface area contributed by atoms with E-state index in [4.69, 9.17) is 0 Å². The van der Waals surface area contributed by atoms with Gasteiger partial charge in [-0.1, -0.05) is 65.8 Å². The highest BCUT2D eigenvalue weighted by molar-refractivity contribution is 5.37. The van der Waals surface area contributed by atoms with Gasteiger partial charge in [0.15, 0.2) is 0 Å². The fourth-order valence-corrected chi connectivity index (χ4v) is 3.59. The summed E-state index contributed by atoms with van der Waals surface area (Å²) in [6.07, 6.45) is 2.67. The number of hydrogen-bond acceptors (Lipinski definition) is 0. The van der Waals surface area contributed by atoms with Gasteiger partial charge in [-0.2, -0.15) is 0 Å². The Labute approximate surface area is 113 Å². The molecule has 0 fully saturated rings. The van der Waals surface area contributed by atoms with Crippen LogP contribution in [-0.2, 0) is 0 Å². The molecule has 0 saturated heterocycles. The molecule has 100 valence electrons. The summed E-state index contributed by atoms with van der Waals surface area (Å²) in [6, 6.07) is 9.15. The van der Waals surface area contributed by atoms with Crippen LogP contribution in [0, 0.1) is 10.8 Å². The van der Waals surface area contributed by atoms with Gasteiger partial charge >= 0.3 is 0 Å². The second kappa shape index (κ2) is 4.40. The molecule has 1 aliphatic rings. The molecule has 1 aromatic rings. The summed E-state index contributed by atoms with van der Waals surface area (Å²) in [5.74, 6) is 1.43. The number of fused-ring (bicyclic) bond motifs is 1. The van der Waals surface area contributed by atoms with E-state index in [0.29, 0.717) is 22.7 Å². The Morgan fingerprint density at radius 3 is 1.33 bits per heavy atom. The molecule has 0 saturated carbocycles. The van der Waals surface area contributed by atoms with Crippen molar-refractivity contribution in [1.29, 1.82) is 0 Å². The van der Waals surface area contributed by atoms with Crippen LogP contribution in [0.15, 0.2) is 24.3 Å². The molecule has 0 nitrogen and oxygen atoms in total. The van der Waals surface area contributed by atoms with Crippen molar-refractivity contribution < 1.29 is 0 Å². The molecule has 0 N–H and O–H groups in total. The van der Waals surface area contributed by atoms with Gasteiger partial charge in [-0.25, -0.2) is 0 Å². The molecule has 1 aliphatic carbocycles. The number of benzene rings is 1. The van der Waals surface area contributed by atoms with Crippen molar-refractivity contribution in [3.63, 3.8) is 0 Å². The first-order chi connectivity index (χ1) is 8.21. The van der Waals surface area contributed by atoms with Gasteiger partial charge in [0.05, 0.1) is 0 Å². The smallest absolute Gasteiger partial charge is 0.0110 e. The molecule has 1 aromatic carbocycles. The minimum atomic E-state index is 0.374. The average Bonchev–Trinajstić information content (AvgIpc) is 2.24. The normalized spacial score (nSPS) is 24.8. The quantitative estimate of drug-likeness (QED) is 0.546. The minimum Gasteiger partial charge on any atom is -0.0620 e. The summed E-state index contributed by atoms with van der Waals surface area (Å²) in [5.41, 5.74) is 3.96. The highest BCUT2D eigenvalue weighted by Crippen LogP contribution is 2.51. The predicted octanol–water partition coefficient (Wildman–Crippen LogP) is 5.74. The molecule has 0 radical (unpaired) electrons. The summed E-state index contributed by atoms with van der Waals surface area (Å²) in [6.45, 7) is 14.3. The van der Waals surface area contributed by atoms with Gasteiger partial charge in [0.2, 0.25) is 0 Å². The van der Waals surface area contributed by atoms with Crippen LogP contribution in [-0.4, -0.2) is 0 Å². The van der Waals surface area contributed by atoms with Crippen LogP contribution in [0.3, 0.4) is 0 Å². The lowest BCUT2D eigenvalue weighted by molar-refractivity contribution is 0.227. The first-order valence-corrected chi connectivity index (χ1v) is 7.30. The van der Waals surface area contributed by atoms with E-state index < -0.39 is 0 Å². The zero-order chi connectivity index (χ0) is 13.6. The highest BCUT2D eigenvalue weighted by atomic mass is 14.4. The molecule has 0 heteroatoms. The van der Waals surface area contributed by atoms with E-state index in [1.54, 1.807) is 11.1 Å². The molecular formula is C18H28. The maximum Gasteiger partial charge on any atom is -0.0110 e. The zero-order valence-electron chi connectivity index (χ0n) is 12.9. The van der Waals surface area contributed by atoms with Crippen LogP contribution in [0.25, 0.3) is 0 Å². The van der Waals surface area contributed by atoms with Crippen molar-refractivity contribution in [3.05, 3.63) is 35.4 Å². The van der Waals surface area contributed by atoms with Crippen molar-refractivity contribution in [2.75, 3.05) is 0 Å². The molecule has 2 rings (SSSR count). The van der Waals surface area contributed by atoms with Crippen LogP contribution in [0.5, 0.6) is 0 Å². The maximum absolute atomic E-state index is 2.38. The molecule has 0 bridgehead atoms. The lowest BCUT2D eigenvalue weighted by Gasteiger charge is -2.43. The Bertz CT molecular complexity index is 373. The van der Waals surface area contributed by atoms with Gasteiger partial charge in [-0.05, 0) is 46.6 Å². The van der Waals surface area contributed by atoms with Crippen LogP contribution in [0.1, 0.15) is 77.3 Å². The highest BCUT2D eigenvalue weighted by Gasteiger charge is 2.37. The molecule has 0 heterocycles. The molecular weight excluding hydrogens is 216 g/mol. The lowest BCUT2D eigenvalue weighted by atomic mass is 9.62. The monoisotopic (exact) mass is 244 g/mol. The third kappa shape index (κ3) is 2.48. The zero-order valence-corrected chi connectivity index (χ0v) is 12.9. The summed E-state index contributed by atoms with van der Waals surface area (Å²) in [4.78, 5) is 0. The van der Waals surface area contributed by atoms with Crippen molar-refractivity contribution in [2.45, 2.75) is 66.2 Å². The summed E-state index contributed by atoms with van der Waals surface area (Å²) in [5, 5.41) is 0. The fourth-order valence-electron chi connectivity index (χ4n) is 3.59. The van der Waals surface area contributed by atoms with Gasteiger partial charge < -0.3 is 0 Å². The van der Waals surface area contributed by atoms with Crippen LogP contribution in [0.2, 0.25) is 0 Å². The third-order valence-electron chi connectivity index (χ3n) is 4.58. The van der Waals surface area contributed by atoms with Gasteiger partial charge in [0.25, 0.3) is 0 Å². The van der Waals surface area contributed by atoms with Gasteiger partial charge in [0, 0.05) is 0 Å². The van der Waals surface area contributed by atoms with Crippen molar-refractivity contribution in [1.82, 2.24) is 0 Å². The van der Waals surface area contributed by atoms with Crippen LogP contribution < -0.4 is 0 Å². The minimum absolute atomic E-state index is 0.374. The Balaban J connectivity index is 2.47. The first kappa shape index (κ1) is 13.6. The van der Waals surface area contributed by atoms with Gasteiger partial charge in [0.1, 0.15) is 0 Å². The van der Waals surface area contributed by atoms with Gasteiger partial charge in [-0.3, -0.25) is 0 Å². The van der Waals surface area contributed by atoms with Crippen LogP contribution in [0.4, 0.5) is 0 Å². The SMILES string of the molecule is CC(C)(C)C1CCC(C(C)(C)C)c2ccccc21. The Morgan fingerprint density at radius 2 is 1.06 bits per heavy atom. The second-order valence-electron chi connectivity index (χ2n) is 8.04. The van der Waals surface area contributed by atoms with E-state index in [0.717, 1.165) is 0 Å². The van der Waals surface area contributed by atoms with E-state index in [2.05, 4.69) is 65.8 Å². The maximum atomic E-state index is 2.38. The van der Waals surface area contributed by atoms with Crippen molar-refractivity contribution >= 4 is 0 Å². The fraction of sp³-hybridized carbons (Fsp3) is 0.667. The first-order valence-electron chi connectivity index (χ1n) is 7.30. The van der Waals surface area contributed by atoms with E-state index in [9.17, 15) is 0 Å². The lowest BCUT2D eigenvalue weighted by Crippen LogP contribution is -2.29. The van der Waals surface area contributed by atoms with Gasteiger partial charge in [-0.15, -0.1) is 0 Å². The van der Waals surface area contributed by atoms with E-state index in [1.165, 1.54) is 12.8 Å². The molecule has 0 aliphatic heterocycles. The Kier molecular flexibility index (Phi) is 3.34. The largest absolute Gasteiger partial charge is 0.0620 e. The summed E-state index contributed by atoms with van der Waals surface area (Å²) < 4.78 is 0. The van der Waals surface area contributed by atoms with E-state index >= 15 is 0 Å². The topological polar surface area (TPSA) is 0 Å². The van der Waals surface area contributed by atoms with Crippen molar-refractivity contribution in [2.24, 2.45) is 10.8 Å². The van der Waals surface area contributed by atoms with Crippen molar-refractivity contribution in [3.8, 4) is 0 Å². The molecule has 18 heavy (non-hydrogen) atoms. The molecule has 0 aromatic heterocycles. The van der Waals surface area contributed by atoms with Crippen LogP contribution >= 0.6 is 0 Å². The summed E-state index contributed by atoms with van der Waals surface area (Å²) >= 11 is 0. The van der Waals surface area contributed by atoms with E-state index in [-0.39, 0.29) is 0 Å². The predicted molar refractivity (Wildman–Crippen MR) is 80.1 cm³/mol. The Hall–Kier alpha value is -0.780. The second-order valence-corrected chi connectivity index (χ2v) is 8.04. The molecule has 0 amide bonds. The number of hydrogen-bond donors (Lipinski definition) is 0. The average molecular weight is 244 g/mol. The number of rotatable bonds is 0. The molecule has 2 unspecified atom stereocenters. The Morgan fingerprint density at radius 1 is 0.722 bits per heavy atom. The summed E-state index contributed by atoms with van der Waals surface area (Å²) in [7, 11) is 0. The standard InChI is InChI=1S/C18H28/c1-17(2,3)15-11-12-16(18(4,5)6)14-10-8-7-9-13(14)15/h7-10,15-16H,11-12H2,1-6H3.